The number of hydrogen-bond acceptors (Lipinski definition) is 1. The molecule has 0 atom stereocenters. The first-order valence-electron chi connectivity index (χ1n) is 6.45. The molecule has 0 fully saturated rings. The van der Waals surface area contributed by atoms with Gasteiger partial charge in [0.15, 0.2) is 5.78 Å². The van der Waals surface area contributed by atoms with E-state index in [0.29, 0.717) is 6.42 Å². The van der Waals surface area contributed by atoms with Crippen LogP contribution in [0.25, 0.3) is 0 Å². The maximum Gasteiger partial charge on any atom is 0.167 e. The van der Waals surface area contributed by atoms with E-state index < -0.39 is 0 Å². The van der Waals surface area contributed by atoms with Gasteiger partial charge in [0.1, 0.15) is 0 Å². The van der Waals surface area contributed by atoms with E-state index in [4.69, 9.17) is 0 Å². The SMILES string of the molecule is Cc1ccc(C)c(C(=O)CC2=CCCCC2)c1. The number of benzene rings is 1. The molecule has 1 aliphatic carbocycles. The van der Waals surface area contributed by atoms with Gasteiger partial charge in [0, 0.05) is 12.0 Å². The zero-order valence-corrected chi connectivity index (χ0v) is 10.8. The van der Waals surface area contributed by atoms with E-state index in [1.165, 1.54) is 18.4 Å². The van der Waals surface area contributed by atoms with Gasteiger partial charge in [-0.1, -0.05) is 29.3 Å². The molecule has 0 N–H and O–H groups in total. The fourth-order valence-corrected chi connectivity index (χ4v) is 2.40. The number of carbonyl (C=O) groups excluding carboxylic acids is 1. The lowest BCUT2D eigenvalue weighted by Crippen LogP contribution is -2.05. The Kier molecular flexibility index (Phi) is 3.78. The molecule has 0 spiro atoms. The van der Waals surface area contributed by atoms with Crippen LogP contribution >= 0.6 is 0 Å². The third-order valence-electron chi connectivity index (χ3n) is 3.47. The minimum Gasteiger partial charge on any atom is -0.294 e. The molecule has 1 heteroatoms. The van der Waals surface area contributed by atoms with Gasteiger partial charge in [-0.25, -0.2) is 0 Å². The average molecular weight is 228 g/mol. The van der Waals surface area contributed by atoms with E-state index in [1.54, 1.807) is 0 Å². The van der Waals surface area contributed by atoms with Crippen molar-refractivity contribution in [3.8, 4) is 0 Å². The van der Waals surface area contributed by atoms with Crippen LogP contribution in [-0.2, 0) is 0 Å². The van der Waals surface area contributed by atoms with Crippen LogP contribution in [0.2, 0.25) is 0 Å². The third-order valence-corrected chi connectivity index (χ3v) is 3.47. The van der Waals surface area contributed by atoms with Crippen LogP contribution in [0.4, 0.5) is 0 Å². The lowest BCUT2D eigenvalue weighted by molar-refractivity contribution is 0.0991. The summed E-state index contributed by atoms with van der Waals surface area (Å²) in [6.07, 6.45) is 7.65. The lowest BCUT2D eigenvalue weighted by Gasteiger charge is -2.13. The first kappa shape index (κ1) is 12.1. The first-order chi connectivity index (χ1) is 8.16. The normalized spacial score (nSPS) is 15.5. The van der Waals surface area contributed by atoms with Crippen LogP contribution in [0.3, 0.4) is 0 Å². The van der Waals surface area contributed by atoms with Gasteiger partial charge in [0.2, 0.25) is 0 Å². The third kappa shape index (κ3) is 3.06. The Labute approximate surface area is 104 Å². The second-order valence-corrected chi connectivity index (χ2v) is 5.03. The molecule has 0 amide bonds. The fourth-order valence-electron chi connectivity index (χ4n) is 2.40. The van der Waals surface area contributed by atoms with Crippen LogP contribution in [-0.4, -0.2) is 5.78 Å². The summed E-state index contributed by atoms with van der Waals surface area (Å²) in [7, 11) is 0. The Morgan fingerprint density at radius 2 is 2.06 bits per heavy atom. The van der Waals surface area contributed by atoms with E-state index in [2.05, 4.69) is 12.1 Å². The molecule has 0 unspecified atom stereocenters. The van der Waals surface area contributed by atoms with Gasteiger partial charge in [-0.3, -0.25) is 4.79 Å². The molecule has 1 aromatic rings. The molecule has 1 nitrogen and oxygen atoms in total. The van der Waals surface area contributed by atoms with Crippen molar-refractivity contribution in [3.63, 3.8) is 0 Å². The number of aryl methyl sites for hydroxylation is 2. The number of carbonyl (C=O) groups is 1. The molecular weight excluding hydrogens is 208 g/mol. The van der Waals surface area contributed by atoms with Gasteiger partial charge in [0.25, 0.3) is 0 Å². The Bertz CT molecular complexity index is 455. The van der Waals surface area contributed by atoms with Gasteiger partial charge < -0.3 is 0 Å². The maximum absolute atomic E-state index is 12.2. The monoisotopic (exact) mass is 228 g/mol. The second kappa shape index (κ2) is 5.31. The summed E-state index contributed by atoms with van der Waals surface area (Å²) in [5, 5.41) is 0. The fraction of sp³-hybridized carbons (Fsp3) is 0.438. The van der Waals surface area contributed by atoms with Gasteiger partial charge in [-0.2, -0.15) is 0 Å². The van der Waals surface area contributed by atoms with Crippen LogP contribution in [0, 0.1) is 13.8 Å². The van der Waals surface area contributed by atoms with Crippen LogP contribution in [0.1, 0.15) is 53.6 Å². The quantitative estimate of drug-likeness (QED) is 0.554. The number of rotatable bonds is 3. The van der Waals surface area contributed by atoms with E-state index >= 15 is 0 Å². The smallest absolute Gasteiger partial charge is 0.167 e. The molecule has 17 heavy (non-hydrogen) atoms. The number of Topliss-reactive ketones (excluding diaryl/α,β-unsaturated/α-hetero) is 1. The minimum atomic E-state index is 0.277. The summed E-state index contributed by atoms with van der Waals surface area (Å²) in [5.74, 6) is 0.277. The van der Waals surface area contributed by atoms with E-state index in [9.17, 15) is 4.79 Å². The zero-order chi connectivity index (χ0) is 12.3. The van der Waals surface area contributed by atoms with Crippen LogP contribution in [0.5, 0.6) is 0 Å². The van der Waals surface area contributed by atoms with Crippen molar-refractivity contribution in [3.05, 3.63) is 46.5 Å². The van der Waals surface area contributed by atoms with Gasteiger partial charge >= 0.3 is 0 Å². The van der Waals surface area contributed by atoms with Gasteiger partial charge in [0.05, 0.1) is 0 Å². The number of hydrogen-bond donors (Lipinski definition) is 0. The molecule has 1 aromatic carbocycles. The van der Waals surface area contributed by atoms with Gasteiger partial charge in [-0.05, 0) is 51.2 Å². The van der Waals surface area contributed by atoms with E-state index in [0.717, 1.165) is 29.5 Å². The summed E-state index contributed by atoms with van der Waals surface area (Å²) >= 11 is 0. The number of allylic oxidation sites excluding steroid dienone is 2. The van der Waals surface area contributed by atoms with Crippen molar-refractivity contribution in [1.29, 1.82) is 0 Å². The Balaban J connectivity index is 2.14. The van der Waals surface area contributed by atoms with Crippen LogP contribution in [0.15, 0.2) is 29.8 Å². The predicted molar refractivity (Wildman–Crippen MR) is 71.4 cm³/mol. The molecule has 2 rings (SSSR count). The predicted octanol–water partition coefficient (Wildman–Crippen LogP) is 4.38. The molecule has 90 valence electrons. The highest BCUT2D eigenvalue weighted by Crippen LogP contribution is 2.23. The molecule has 0 aromatic heterocycles. The van der Waals surface area contributed by atoms with Crippen molar-refractivity contribution in [2.75, 3.05) is 0 Å². The van der Waals surface area contributed by atoms with Crippen molar-refractivity contribution in [2.45, 2.75) is 46.0 Å². The zero-order valence-electron chi connectivity index (χ0n) is 10.8. The molecule has 0 bridgehead atoms. The topological polar surface area (TPSA) is 17.1 Å². The van der Waals surface area contributed by atoms with Crippen molar-refractivity contribution in [2.24, 2.45) is 0 Å². The maximum atomic E-state index is 12.2. The molecule has 0 saturated carbocycles. The molecule has 0 saturated heterocycles. The molecule has 0 heterocycles. The summed E-state index contributed by atoms with van der Waals surface area (Å²) in [5.41, 5.74) is 4.49. The first-order valence-corrected chi connectivity index (χ1v) is 6.45. The van der Waals surface area contributed by atoms with Crippen molar-refractivity contribution >= 4 is 5.78 Å². The van der Waals surface area contributed by atoms with Crippen molar-refractivity contribution < 1.29 is 4.79 Å². The minimum absolute atomic E-state index is 0.277. The molecular formula is C16H20O. The molecule has 1 aliphatic rings. The highest BCUT2D eigenvalue weighted by molar-refractivity contribution is 5.99. The largest absolute Gasteiger partial charge is 0.294 e. The van der Waals surface area contributed by atoms with Gasteiger partial charge in [-0.15, -0.1) is 0 Å². The molecule has 0 aliphatic heterocycles. The summed E-state index contributed by atoms with van der Waals surface area (Å²) in [6.45, 7) is 4.05. The molecule has 0 radical (unpaired) electrons. The highest BCUT2D eigenvalue weighted by Gasteiger charge is 2.13. The summed E-state index contributed by atoms with van der Waals surface area (Å²) in [4.78, 5) is 12.2. The Hall–Kier alpha value is -1.37. The number of ketones is 1. The average Bonchev–Trinajstić information content (AvgIpc) is 2.33. The Morgan fingerprint density at radius 3 is 2.76 bits per heavy atom. The van der Waals surface area contributed by atoms with E-state index in [-0.39, 0.29) is 5.78 Å². The van der Waals surface area contributed by atoms with Crippen molar-refractivity contribution in [1.82, 2.24) is 0 Å². The lowest BCUT2D eigenvalue weighted by atomic mass is 9.92. The summed E-state index contributed by atoms with van der Waals surface area (Å²) in [6, 6.07) is 6.12. The Morgan fingerprint density at radius 1 is 1.24 bits per heavy atom. The van der Waals surface area contributed by atoms with E-state index in [1.807, 2.05) is 26.0 Å². The second-order valence-electron chi connectivity index (χ2n) is 5.03. The van der Waals surface area contributed by atoms with Crippen LogP contribution < -0.4 is 0 Å². The summed E-state index contributed by atoms with van der Waals surface area (Å²) < 4.78 is 0. The highest BCUT2D eigenvalue weighted by atomic mass is 16.1. The standard InChI is InChI=1S/C16H20O/c1-12-8-9-13(2)15(10-12)16(17)11-14-6-4-3-5-7-14/h6,8-10H,3-5,7,11H2,1-2H3.